The van der Waals surface area contributed by atoms with Crippen molar-refractivity contribution < 1.29 is 9.90 Å². The number of fused-ring (bicyclic) bond motifs is 1. The Hall–Kier alpha value is -2.21. The van der Waals surface area contributed by atoms with Crippen molar-refractivity contribution in [2.24, 2.45) is 10.7 Å². The molecular weight excluding hydrogens is 256 g/mol. The summed E-state index contributed by atoms with van der Waals surface area (Å²) in [6.07, 6.45) is 0. The number of phenols is 1. The van der Waals surface area contributed by atoms with Crippen LogP contribution in [-0.2, 0) is 0 Å². The minimum atomic E-state index is -0.426. The Bertz CT molecular complexity index is 648. The lowest BCUT2D eigenvalue weighted by Gasteiger charge is -2.00. The standard InChI is InChI=1S/C11H11ClN4O2/c1-14-11(13)16-10(18)9-4-6-7(12)2-5(17)3-8(6)15-9/h2-4,15,17H,1H3,(H3,13,14,16,18). The number of hydrogen-bond donors (Lipinski definition) is 4. The molecule has 5 N–H and O–H groups in total. The maximum atomic E-state index is 11.8. The molecule has 0 radical (unpaired) electrons. The van der Waals surface area contributed by atoms with Crippen molar-refractivity contribution in [3.63, 3.8) is 0 Å². The molecule has 1 heterocycles. The van der Waals surface area contributed by atoms with Crippen molar-refractivity contribution in [1.82, 2.24) is 10.3 Å². The largest absolute Gasteiger partial charge is 0.508 e. The summed E-state index contributed by atoms with van der Waals surface area (Å²) >= 11 is 5.95. The van der Waals surface area contributed by atoms with Crippen molar-refractivity contribution in [3.8, 4) is 5.75 Å². The first-order valence-electron chi connectivity index (χ1n) is 5.06. The number of aliphatic imine (C=N–C) groups is 1. The van der Waals surface area contributed by atoms with Crippen LogP contribution in [0.3, 0.4) is 0 Å². The van der Waals surface area contributed by atoms with Crippen LogP contribution in [-0.4, -0.2) is 29.0 Å². The number of hydrogen-bond acceptors (Lipinski definition) is 3. The van der Waals surface area contributed by atoms with Gasteiger partial charge in [0.05, 0.1) is 10.5 Å². The number of carbonyl (C=O) groups is 1. The van der Waals surface area contributed by atoms with Gasteiger partial charge < -0.3 is 15.8 Å². The number of nitrogens with one attached hydrogen (secondary N) is 2. The van der Waals surface area contributed by atoms with E-state index in [4.69, 9.17) is 17.3 Å². The smallest absolute Gasteiger partial charge is 0.274 e. The predicted molar refractivity (Wildman–Crippen MR) is 70.0 cm³/mol. The average Bonchev–Trinajstić information content (AvgIpc) is 2.72. The minimum Gasteiger partial charge on any atom is -0.508 e. The molecule has 0 atom stereocenters. The molecule has 6 nitrogen and oxygen atoms in total. The first kappa shape index (κ1) is 12.3. The summed E-state index contributed by atoms with van der Waals surface area (Å²) in [5, 5.41) is 12.8. The Labute approximate surface area is 107 Å². The van der Waals surface area contributed by atoms with Gasteiger partial charge in [0.2, 0.25) is 0 Å². The van der Waals surface area contributed by atoms with E-state index in [2.05, 4.69) is 15.3 Å². The molecule has 0 unspecified atom stereocenters. The molecule has 0 aliphatic carbocycles. The normalized spacial score (nSPS) is 11.8. The van der Waals surface area contributed by atoms with Crippen LogP contribution in [0.25, 0.3) is 10.9 Å². The number of rotatable bonds is 1. The lowest BCUT2D eigenvalue weighted by molar-refractivity contribution is 0.0972. The van der Waals surface area contributed by atoms with E-state index in [0.29, 0.717) is 15.9 Å². The summed E-state index contributed by atoms with van der Waals surface area (Å²) < 4.78 is 0. The molecule has 0 aliphatic heterocycles. The van der Waals surface area contributed by atoms with E-state index in [9.17, 15) is 9.90 Å². The van der Waals surface area contributed by atoms with Gasteiger partial charge in [-0.05, 0) is 12.1 Å². The number of aromatic amines is 1. The highest BCUT2D eigenvalue weighted by Gasteiger charge is 2.12. The van der Waals surface area contributed by atoms with Crippen molar-refractivity contribution in [3.05, 3.63) is 28.9 Å². The Balaban J connectivity index is 2.41. The maximum Gasteiger partial charge on any atom is 0.274 e. The summed E-state index contributed by atoms with van der Waals surface area (Å²) in [7, 11) is 1.47. The first-order valence-corrected chi connectivity index (χ1v) is 5.44. The number of guanidine groups is 1. The molecule has 0 aliphatic rings. The number of nitrogens with zero attached hydrogens (tertiary/aromatic N) is 1. The van der Waals surface area contributed by atoms with Crippen molar-refractivity contribution >= 4 is 34.4 Å². The summed E-state index contributed by atoms with van der Waals surface area (Å²) in [4.78, 5) is 18.2. The van der Waals surface area contributed by atoms with Gasteiger partial charge in [-0.25, -0.2) is 0 Å². The van der Waals surface area contributed by atoms with Gasteiger partial charge in [0.25, 0.3) is 5.91 Å². The highest BCUT2D eigenvalue weighted by Crippen LogP contribution is 2.28. The second-order valence-electron chi connectivity index (χ2n) is 3.63. The van der Waals surface area contributed by atoms with E-state index in [1.807, 2.05) is 0 Å². The number of H-pyrrole nitrogens is 1. The molecule has 1 aromatic heterocycles. The van der Waals surface area contributed by atoms with E-state index in [-0.39, 0.29) is 17.4 Å². The van der Waals surface area contributed by atoms with E-state index < -0.39 is 5.91 Å². The monoisotopic (exact) mass is 266 g/mol. The van der Waals surface area contributed by atoms with Gasteiger partial charge in [0.1, 0.15) is 11.4 Å². The molecule has 0 bridgehead atoms. The first-order chi connectivity index (χ1) is 8.51. The third-order valence-electron chi connectivity index (χ3n) is 2.40. The predicted octanol–water partition coefficient (Wildman–Crippen LogP) is 1.20. The molecule has 94 valence electrons. The zero-order valence-electron chi connectivity index (χ0n) is 9.49. The second-order valence-corrected chi connectivity index (χ2v) is 4.04. The Morgan fingerprint density at radius 1 is 1.50 bits per heavy atom. The fourth-order valence-corrected chi connectivity index (χ4v) is 1.81. The zero-order valence-corrected chi connectivity index (χ0v) is 10.2. The number of benzene rings is 1. The van der Waals surface area contributed by atoms with E-state index in [1.165, 1.54) is 19.2 Å². The van der Waals surface area contributed by atoms with Gasteiger partial charge in [-0.3, -0.25) is 15.1 Å². The molecule has 7 heteroatoms. The number of halogens is 1. The SMILES string of the molecule is CN=C(N)NC(=O)c1cc2c(Cl)cc(O)cc2[nH]1. The fraction of sp³-hybridized carbons (Fsp3) is 0.0909. The summed E-state index contributed by atoms with van der Waals surface area (Å²) in [6.45, 7) is 0. The number of carbonyl (C=O) groups excluding carboxylic acids is 1. The molecule has 0 saturated heterocycles. The van der Waals surface area contributed by atoms with Crippen molar-refractivity contribution in [2.45, 2.75) is 0 Å². The van der Waals surface area contributed by atoms with Crippen LogP contribution in [0.4, 0.5) is 0 Å². The molecule has 0 fully saturated rings. The van der Waals surface area contributed by atoms with Gasteiger partial charge in [-0.2, -0.15) is 0 Å². The van der Waals surface area contributed by atoms with Gasteiger partial charge in [-0.15, -0.1) is 0 Å². The molecule has 2 aromatic rings. The minimum absolute atomic E-state index is 0.0209. The molecule has 2 rings (SSSR count). The van der Waals surface area contributed by atoms with Crippen LogP contribution < -0.4 is 11.1 Å². The summed E-state index contributed by atoms with van der Waals surface area (Å²) in [6, 6.07) is 4.46. The lowest BCUT2D eigenvalue weighted by atomic mass is 10.2. The Kier molecular flexibility index (Phi) is 3.12. The Morgan fingerprint density at radius 3 is 2.89 bits per heavy atom. The number of aromatic nitrogens is 1. The second kappa shape index (κ2) is 4.58. The average molecular weight is 267 g/mol. The third-order valence-corrected chi connectivity index (χ3v) is 2.71. The molecule has 1 amide bonds. The van der Waals surface area contributed by atoms with Crippen LogP contribution in [0.1, 0.15) is 10.5 Å². The summed E-state index contributed by atoms with van der Waals surface area (Å²) in [5.41, 5.74) is 6.25. The van der Waals surface area contributed by atoms with E-state index in [0.717, 1.165) is 0 Å². The van der Waals surface area contributed by atoms with Crippen LogP contribution >= 0.6 is 11.6 Å². The molecule has 0 saturated carbocycles. The molecule has 0 spiro atoms. The number of aromatic hydroxyl groups is 1. The zero-order chi connectivity index (χ0) is 13.3. The van der Waals surface area contributed by atoms with Gasteiger partial charge in [-0.1, -0.05) is 11.6 Å². The molecular formula is C11H11ClN4O2. The fourth-order valence-electron chi connectivity index (χ4n) is 1.54. The number of phenolic OH excluding ortho intramolecular Hbond substituents is 1. The van der Waals surface area contributed by atoms with Crippen molar-refractivity contribution in [2.75, 3.05) is 7.05 Å². The summed E-state index contributed by atoms with van der Waals surface area (Å²) in [5.74, 6) is -0.381. The van der Waals surface area contributed by atoms with E-state index in [1.54, 1.807) is 6.07 Å². The highest BCUT2D eigenvalue weighted by atomic mass is 35.5. The quantitative estimate of drug-likeness (QED) is 0.460. The topological polar surface area (TPSA) is 104 Å². The van der Waals surface area contributed by atoms with Crippen LogP contribution in [0.2, 0.25) is 5.02 Å². The van der Waals surface area contributed by atoms with Crippen LogP contribution in [0.15, 0.2) is 23.2 Å². The molecule has 18 heavy (non-hydrogen) atoms. The van der Waals surface area contributed by atoms with E-state index >= 15 is 0 Å². The van der Waals surface area contributed by atoms with Gasteiger partial charge in [0, 0.05) is 18.5 Å². The van der Waals surface area contributed by atoms with Crippen LogP contribution in [0, 0.1) is 0 Å². The number of amides is 1. The van der Waals surface area contributed by atoms with Crippen molar-refractivity contribution in [1.29, 1.82) is 0 Å². The van der Waals surface area contributed by atoms with Gasteiger partial charge in [0.15, 0.2) is 5.96 Å². The highest BCUT2D eigenvalue weighted by molar-refractivity contribution is 6.35. The number of nitrogens with two attached hydrogens (primary N) is 1. The Morgan fingerprint density at radius 2 is 2.22 bits per heavy atom. The maximum absolute atomic E-state index is 11.8. The molecule has 1 aromatic carbocycles. The van der Waals surface area contributed by atoms with Gasteiger partial charge >= 0.3 is 0 Å². The van der Waals surface area contributed by atoms with Crippen LogP contribution in [0.5, 0.6) is 5.75 Å². The lowest BCUT2D eigenvalue weighted by Crippen LogP contribution is -2.36. The third kappa shape index (κ3) is 2.23.